The zero-order chi connectivity index (χ0) is 24.5. The van der Waals surface area contributed by atoms with Crippen molar-refractivity contribution in [1.29, 1.82) is 0 Å². The smallest absolute Gasteiger partial charge is 0.301 e. The van der Waals surface area contributed by atoms with Crippen molar-refractivity contribution in [2.24, 2.45) is 0 Å². The molecule has 0 bridgehead atoms. The Bertz CT molecular complexity index is 1340. The molecule has 3 aromatic rings. The van der Waals surface area contributed by atoms with Gasteiger partial charge in [-0.3, -0.25) is 14.5 Å². The van der Waals surface area contributed by atoms with E-state index < -0.39 is 17.7 Å². The number of aliphatic hydroxyl groups is 1. The van der Waals surface area contributed by atoms with Gasteiger partial charge in [-0.2, -0.15) is 0 Å². The lowest BCUT2D eigenvalue weighted by Gasteiger charge is -2.26. The lowest BCUT2D eigenvalue weighted by atomic mass is 9.94. The highest BCUT2D eigenvalue weighted by Gasteiger charge is 2.48. The van der Waals surface area contributed by atoms with Crippen molar-refractivity contribution in [2.45, 2.75) is 6.04 Å². The topological polar surface area (TPSA) is 107 Å². The number of ether oxygens (including phenoxy) is 4. The molecule has 1 unspecified atom stereocenters. The van der Waals surface area contributed by atoms with E-state index in [0.717, 1.165) is 0 Å². The Morgan fingerprint density at radius 1 is 1.00 bits per heavy atom. The minimum absolute atomic E-state index is 0.108. The van der Waals surface area contributed by atoms with Crippen molar-refractivity contribution in [3.05, 3.63) is 77.5 Å². The van der Waals surface area contributed by atoms with E-state index >= 15 is 0 Å². The highest BCUT2D eigenvalue weighted by atomic mass is 16.6. The largest absolute Gasteiger partial charge is 0.507 e. The van der Waals surface area contributed by atoms with Crippen molar-refractivity contribution in [2.75, 3.05) is 32.3 Å². The minimum Gasteiger partial charge on any atom is -0.507 e. The number of ketones is 1. The van der Waals surface area contributed by atoms with Crippen LogP contribution in [0.2, 0.25) is 0 Å². The molecule has 0 radical (unpaired) electrons. The van der Waals surface area contributed by atoms with E-state index in [1.165, 1.54) is 25.3 Å². The van der Waals surface area contributed by atoms with Gasteiger partial charge in [0, 0.05) is 17.3 Å². The first-order valence-corrected chi connectivity index (χ1v) is 10.9. The van der Waals surface area contributed by atoms with Crippen LogP contribution in [0.5, 0.6) is 23.0 Å². The maximum atomic E-state index is 13.4. The van der Waals surface area contributed by atoms with Crippen molar-refractivity contribution >= 4 is 23.3 Å². The molecule has 1 atom stereocenters. The molecule has 1 fully saturated rings. The quantitative estimate of drug-likeness (QED) is 0.340. The van der Waals surface area contributed by atoms with Gasteiger partial charge >= 0.3 is 5.91 Å². The first kappa shape index (κ1) is 22.3. The van der Waals surface area contributed by atoms with Crippen LogP contribution in [0.25, 0.3) is 5.76 Å². The number of aromatic nitrogens is 1. The number of hydrogen-bond donors (Lipinski definition) is 1. The molecule has 2 aliphatic rings. The van der Waals surface area contributed by atoms with Crippen LogP contribution in [0, 0.1) is 0 Å². The molecule has 1 amide bonds. The summed E-state index contributed by atoms with van der Waals surface area (Å²) in [5.74, 6) is 0.107. The van der Waals surface area contributed by atoms with Crippen LogP contribution in [0.3, 0.4) is 0 Å². The molecular formula is C26H22N2O7. The monoisotopic (exact) mass is 474 g/mol. The summed E-state index contributed by atoms with van der Waals surface area (Å²) in [6.45, 7) is 0.783. The molecular weight excluding hydrogens is 452 g/mol. The summed E-state index contributed by atoms with van der Waals surface area (Å²) < 4.78 is 22.1. The standard InChI is InChI=1S/C26H22N2O7/c1-32-16-7-9-18(33-2)17(14-16)23-22(25(30)26(31)28(23)21-5-3-4-10-27-21)24(29)15-6-8-19-20(13-15)35-12-11-34-19/h3-10,13-14,23,29H,11-12H2,1-2H3/b24-22+. The van der Waals surface area contributed by atoms with Crippen LogP contribution < -0.4 is 23.8 Å². The van der Waals surface area contributed by atoms with E-state index in [9.17, 15) is 14.7 Å². The third-order valence-electron chi connectivity index (χ3n) is 5.89. The highest BCUT2D eigenvalue weighted by molar-refractivity contribution is 6.51. The van der Waals surface area contributed by atoms with Crippen LogP contribution >= 0.6 is 0 Å². The Labute approximate surface area is 201 Å². The van der Waals surface area contributed by atoms with Gasteiger partial charge < -0.3 is 24.1 Å². The summed E-state index contributed by atoms with van der Waals surface area (Å²) in [4.78, 5) is 32.2. The molecule has 2 aromatic carbocycles. The number of anilines is 1. The minimum atomic E-state index is -1.02. The Hall–Kier alpha value is -4.53. The fourth-order valence-corrected chi connectivity index (χ4v) is 4.26. The van der Waals surface area contributed by atoms with Crippen LogP contribution in [-0.2, 0) is 9.59 Å². The molecule has 0 spiro atoms. The van der Waals surface area contributed by atoms with Crippen LogP contribution in [0.4, 0.5) is 5.82 Å². The fraction of sp³-hybridized carbons (Fsp3) is 0.192. The second-order valence-electron chi connectivity index (χ2n) is 7.82. The van der Waals surface area contributed by atoms with Crippen molar-refractivity contribution in [3.63, 3.8) is 0 Å². The molecule has 5 rings (SSSR count). The molecule has 1 saturated heterocycles. The lowest BCUT2D eigenvalue weighted by Crippen LogP contribution is -2.30. The molecule has 1 aromatic heterocycles. The van der Waals surface area contributed by atoms with Crippen molar-refractivity contribution in [1.82, 2.24) is 4.98 Å². The van der Waals surface area contributed by atoms with E-state index in [4.69, 9.17) is 18.9 Å². The summed E-state index contributed by atoms with van der Waals surface area (Å²) in [7, 11) is 3.00. The number of amides is 1. The van der Waals surface area contributed by atoms with Gasteiger partial charge in [-0.05, 0) is 48.5 Å². The number of carbonyl (C=O) groups excluding carboxylic acids is 2. The summed E-state index contributed by atoms with van der Waals surface area (Å²) in [6.07, 6.45) is 1.52. The van der Waals surface area contributed by atoms with E-state index in [-0.39, 0.29) is 17.2 Å². The Balaban J connectivity index is 1.74. The molecule has 178 valence electrons. The Morgan fingerprint density at radius 2 is 1.80 bits per heavy atom. The molecule has 9 nitrogen and oxygen atoms in total. The average Bonchev–Trinajstić information content (AvgIpc) is 3.17. The first-order valence-electron chi connectivity index (χ1n) is 10.9. The van der Waals surface area contributed by atoms with E-state index in [0.29, 0.717) is 47.3 Å². The number of benzene rings is 2. The van der Waals surface area contributed by atoms with Gasteiger partial charge in [0.15, 0.2) is 11.5 Å². The molecule has 1 N–H and O–H groups in total. The molecule has 35 heavy (non-hydrogen) atoms. The maximum absolute atomic E-state index is 13.4. The van der Waals surface area contributed by atoms with Gasteiger partial charge in [0.05, 0.1) is 19.8 Å². The Kier molecular flexibility index (Phi) is 5.74. The molecule has 0 aliphatic carbocycles. The number of fused-ring (bicyclic) bond motifs is 1. The number of aliphatic hydroxyl groups excluding tert-OH is 1. The van der Waals surface area contributed by atoms with Gasteiger partial charge in [-0.15, -0.1) is 0 Å². The third-order valence-corrected chi connectivity index (χ3v) is 5.89. The average molecular weight is 474 g/mol. The fourth-order valence-electron chi connectivity index (χ4n) is 4.26. The number of hydrogen-bond acceptors (Lipinski definition) is 8. The molecule has 0 saturated carbocycles. The number of nitrogens with zero attached hydrogens (tertiary/aromatic N) is 2. The SMILES string of the molecule is COc1ccc(OC)c(C2/C(=C(\O)c3ccc4c(c3)OCCO4)C(=O)C(=O)N2c2ccccn2)c1. The predicted molar refractivity (Wildman–Crippen MR) is 126 cm³/mol. The van der Waals surface area contributed by atoms with Crippen LogP contribution in [0.1, 0.15) is 17.2 Å². The van der Waals surface area contributed by atoms with E-state index in [1.54, 1.807) is 54.6 Å². The summed E-state index contributed by atoms with van der Waals surface area (Å²) in [5.41, 5.74) is 0.653. The van der Waals surface area contributed by atoms with Crippen molar-refractivity contribution in [3.8, 4) is 23.0 Å². The predicted octanol–water partition coefficient (Wildman–Crippen LogP) is 3.50. The third kappa shape index (κ3) is 3.80. The van der Waals surface area contributed by atoms with Crippen LogP contribution in [-0.4, -0.2) is 49.2 Å². The van der Waals surface area contributed by atoms with Gasteiger partial charge in [-0.25, -0.2) is 4.98 Å². The molecule has 3 heterocycles. The Morgan fingerprint density at radius 3 is 2.51 bits per heavy atom. The number of pyridine rings is 1. The zero-order valence-corrected chi connectivity index (χ0v) is 19.1. The number of carbonyl (C=O) groups is 2. The zero-order valence-electron chi connectivity index (χ0n) is 19.1. The summed E-state index contributed by atoms with van der Waals surface area (Å²) in [5, 5.41) is 11.4. The number of methoxy groups -OCH3 is 2. The second kappa shape index (κ2) is 9.02. The first-order chi connectivity index (χ1) is 17.0. The molecule has 2 aliphatic heterocycles. The van der Waals surface area contributed by atoms with Gasteiger partial charge in [-0.1, -0.05) is 6.07 Å². The lowest BCUT2D eigenvalue weighted by molar-refractivity contribution is -0.132. The number of Topliss-reactive ketones (excluding diaryl/α,β-unsaturated/α-hetero) is 1. The van der Waals surface area contributed by atoms with Gasteiger partial charge in [0.25, 0.3) is 5.78 Å². The van der Waals surface area contributed by atoms with Gasteiger partial charge in [0.2, 0.25) is 0 Å². The summed E-state index contributed by atoms with van der Waals surface area (Å²) in [6, 6.07) is 13.9. The van der Waals surface area contributed by atoms with E-state index in [1.807, 2.05) is 0 Å². The van der Waals surface area contributed by atoms with E-state index in [2.05, 4.69) is 4.98 Å². The van der Waals surface area contributed by atoms with Crippen LogP contribution in [0.15, 0.2) is 66.4 Å². The highest BCUT2D eigenvalue weighted by Crippen LogP contribution is 2.46. The van der Waals surface area contributed by atoms with Crippen molar-refractivity contribution < 1.29 is 33.6 Å². The normalized spacial score (nSPS) is 18.5. The number of rotatable bonds is 5. The maximum Gasteiger partial charge on any atom is 0.301 e. The van der Waals surface area contributed by atoms with Gasteiger partial charge in [0.1, 0.15) is 42.3 Å². The summed E-state index contributed by atoms with van der Waals surface area (Å²) >= 11 is 0. The molecule has 9 heteroatoms. The second-order valence-corrected chi connectivity index (χ2v) is 7.82.